The Morgan fingerprint density at radius 2 is 1.71 bits per heavy atom. The molecule has 1 fully saturated rings. The van der Waals surface area contributed by atoms with Crippen LogP contribution in [0.1, 0.15) is 29.6 Å². The molecule has 0 amide bonds. The molecule has 1 aromatic rings. The zero-order valence-corrected chi connectivity index (χ0v) is 10.5. The lowest BCUT2D eigenvalue weighted by Crippen LogP contribution is -2.45. The lowest BCUT2D eigenvalue weighted by molar-refractivity contribution is 0.109. The summed E-state index contributed by atoms with van der Waals surface area (Å²) in [6.45, 7) is 4.69. The van der Waals surface area contributed by atoms with Crippen LogP contribution in [-0.2, 0) is 0 Å². The van der Waals surface area contributed by atoms with Crippen molar-refractivity contribution >= 4 is 0 Å². The van der Waals surface area contributed by atoms with Gasteiger partial charge in [-0.2, -0.15) is 0 Å². The maximum absolute atomic E-state index is 6.23. The summed E-state index contributed by atoms with van der Waals surface area (Å²) in [6, 6.07) is 9.47. The quantitative estimate of drug-likeness (QED) is 0.792. The van der Waals surface area contributed by atoms with Crippen LogP contribution < -0.4 is 5.73 Å². The van der Waals surface area contributed by atoms with E-state index in [2.05, 4.69) is 41.1 Å². The molecule has 17 heavy (non-hydrogen) atoms. The Bertz CT molecular complexity index is 396. The van der Waals surface area contributed by atoms with Crippen LogP contribution in [0, 0.1) is 0 Å². The Morgan fingerprint density at radius 3 is 2.41 bits per heavy atom. The van der Waals surface area contributed by atoms with Gasteiger partial charge in [0, 0.05) is 38.3 Å². The summed E-state index contributed by atoms with van der Waals surface area (Å²) >= 11 is 0. The molecular formula is C14H21N3. The molecule has 0 saturated carbocycles. The molecule has 1 saturated heterocycles. The Kier molecular flexibility index (Phi) is 2.90. The van der Waals surface area contributed by atoms with E-state index in [9.17, 15) is 0 Å². The summed E-state index contributed by atoms with van der Waals surface area (Å²) in [6.07, 6.45) is 1.09. The van der Waals surface area contributed by atoms with Gasteiger partial charge in [-0.1, -0.05) is 24.3 Å². The second-order valence-corrected chi connectivity index (χ2v) is 5.33. The first-order chi connectivity index (χ1) is 8.25. The highest BCUT2D eigenvalue weighted by Gasteiger charge is 2.33. The summed E-state index contributed by atoms with van der Waals surface area (Å²) in [7, 11) is 2.20. The largest absolute Gasteiger partial charge is 0.324 e. The van der Waals surface area contributed by atoms with E-state index in [0.29, 0.717) is 6.04 Å². The molecule has 2 N–H and O–H groups in total. The highest BCUT2D eigenvalue weighted by atomic mass is 15.3. The van der Waals surface area contributed by atoms with Gasteiger partial charge in [-0.05, 0) is 24.6 Å². The van der Waals surface area contributed by atoms with Crippen molar-refractivity contribution in [2.45, 2.75) is 18.5 Å². The van der Waals surface area contributed by atoms with Gasteiger partial charge in [-0.25, -0.2) is 0 Å². The molecule has 3 nitrogen and oxygen atoms in total. The monoisotopic (exact) mass is 231 g/mol. The van der Waals surface area contributed by atoms with E-state index in [1.165, 1.54) is 37.3 Å². The van der Waals surface area contributed by atoms with Crippen molar-refractivity contribution in [3.05, 3.63) is 35.4 Å². The molecule has 1 heterocycles. The van der Waals surface area contributed by atoms with Crippen molar-refractivity contribution in [2.75, 3.05) is 33.2 Å². The lowest BCUT2D eigenvalue weighted by atomic mass is 10.1. The van der Waals surface area contributed by atoms with Crippen LogP contribution in [0.5, 0.6) is 0 Å². The number of fused-ring (bicyclic) bond motifs is 1. The first-order valence-electron chi connectivity index (χ1n) is 6.52. The first kappa shape index (κ1) is 11.2. The smallest absolute Gasteiger partial charge is 0.0370 e. The molecule has 0 unspecified atom stereocenters. The van der Waals surface area contributed by atoms with Crippen molar-refractivity contribution < 1.29 is 0 Å². The van der Waals surface area contributed by atoms with Crippen molar-refractivity contribution in [3.8, 4) is 0 Å². The van der Waals surface area contributed by atoms with Crippen LogP contribution >= 0.6 is 0 Å². The fourth-order valence-electron chi connectivity index (χ4n) is 3.13. The third-order valence-corrected chi connectivity index (χ3v) is 4.21. The van der Waals surface area contributed by atoms with Crippen molar-refractivity contribution in [1.82, 2.24) is 9.80 Å². The molecular weight excluding hydrogens is 210 g/mol. The van der Waals surface area contributed by atoms with Crippen LogP contribution in [0.4, 0.5) is 0 Å². The fourth-order valence-corrected chi connectivity index (χ4v) is 3.13. The molecule has 1 aliphatic heterocycles. The molecule has 1 aliphatic carbocycles. The third-order valence-electron chi connectivity index (χ3n) is 4.21. The van der Waals surface area contributed by atoms with Crippen LogP contribution in [0.25, 0.3) is 0 Å². The molecule has 1 aromatic carbocycles. The van der Waals surface area contributed by atoms with Gasteiger partial charge in [-0.15, -0.1) is 0 Å². The summed E-state index contributed by atoms with van der Waals surface area (Å²) in [4.78, 5) is 5.00. The third kappa shape index (κ3) is 1.99. The molecule has 3 heteroatoms. The Labute approximate surface area is 103 Å². The second-order valence-electron chi connectivity index (χ2n) is 5.33. The zero-order valence-electron chi connectivity index (χ0n) is 10.5. The number of hydrogen-bond donors (Lipinski definition) is 1. The summed E-state index contributed by atoms with van der Waals surface area (Å²) in [5, 5.41) is 0. The number of nitrogens with two attached hydrogens (primary N) is 1. The molecule has 2 atom stereocenters. The Balaban J connectivity index is 1.82. The van der Waals surface area contributed by atoms with Crippen molar-refractivity contribution in [2.24, 2.45) is 5.73 Å². The summed E-state index contributed by atoms with van der Waals surface area (Å²) < 4.78 is 0. The van der Waals surface area contributed by atoms with Crippen molar-refractivity contribution in [1.29, 1.82) is 0 Å². The number of nitrogens with zero attached hydrogens (tertiary/aromatic N) is 2. The van der Waals surface area contributed by atoms with E-state index < -0.39 is 0 Å². The van der Waals surface area contributed by atoms with E-state index in [1.54, 1.807) is 0 Å². The maximum Gasteiger partial charge on any atom is 0.0370 e. The standard InChI is InChI=1S/C14H21N3/c1-16-6-8-17(9-7-16)14-10-13(15)11-4-2-3-5-12(11)14/h2-5,13-14H,6-10,15H2,1H3/t13-,14-/m0/s1. The number of rotatable bonds is 1. The Hall–Kier alpha value is -0.900. The maximum atomic E-state index is 6.23. The van der Waals surface area contributed by atoms with Crippen LogP contribution in [0.3, 0.4) is 0 Å². The van der Waals surface area contributed by atoms with Gasteiger partial charge in [0.05, 0.1) is 0 Å². The number of benzene rings is 1. The topological polar surface area (TPSA) is 32.5 Å². The number of piperazine rings is 1. The van der Waals surface area contributed by atoms with Gasteiger partial charge < -0.3 is 10.6 Å². The molecule has 0 spiro atoms. The van der Waals surface area contributed by atoms with Crippen LogP contribution in [0.15, 0.2) is 24.3 Å². The molecule has 92 valence electrons. The normalized spacial score (nSPS) is 30.5. The fraction of sp³-hybridized carbons (Fsp3) is 0.571. The van der Waals surface area contributed by atoms with Gasteiger partial charge in [-0.3, -0.25) is 4.90 Å². The van der Waals surface area contributed by atoms with Gasteiger partial charge in [0.15, 0.2) is 0 Å². The first-order valence-corrected chi connectivity index (χ1v) is 6.52. The van der Waals surface area contributed by atoms with Gasteiger partial charge in [0.25, 0.3) is 0 Å². The van der Waals surface area contributed by atoms with Gasteiger partial charge in [0.2, 0.25) is 0 Å². The van der Waals surface area contributed by atoms with Crippen LogP contribution in [-0.4, -0.2) is 43.0 Å². The number of likely N-dealkylation sites (N-methyl/N-ethyl adjacent to an activating group) is 1. The minimum atomic E-state index is 0.232. The average molecular weight is 231 g/mol. The van der Waals surface area contributed by atoms with Crippen LogP contribution in [0.2, 0.25) is 0 Å². The van der Waals surface area contributed by atoms with Crippen molar-refractivity contribution in [3.63, 3.8) is 0 Å². The molecule has 0 radical (unpaired) electrons. The van der Waals surface area contributed by atoms with E-state index in [1.807, 2.05) is 0 Å². The predicted octanol–water partition coefficient (Wildman–Crippen LogP) is 1.38. The van der Waals surface area contributed by atoms with Gasteiger partial charge in [0.1, 0.15) is 0 Å². The molecule has 0 bridgehead atoms. The number of hydrogen-bond acceptors (Lipinski definition) is 3. The summed E-state index contributed by atoms with van der Waals surface area (Å²) in [5.74, 6) is 0. The van der Waals surface area contributed by atoms with E-state index in [0.717, 1.165) is 6.42 Å². The molecule has 2 aliphatic rings. The highest BCUT2D eigenvalue weighted by Crippen LogP contribution is 2.40. The van der Waals surface area contributed by atoms with E-state index in [-0.39, 0.29) is 6.04 Å². The Morgan fingerprint density at radius 1 is 1.06 bits per heavy atom. The summed E-state index contributed by atoms with van der Waals surface area (Å²) in [5.41, 5.74) is 9.05. The average Bonchev–Trinajstić information content (AvgIpc) is 2.69. The van der Waals surface area contributed by atoms with E-state index >= 15 is 0 Å². The van der Waals surface area contributed by atoms with E-state index in [4.69, 9.17) is 5.73 Å². The lowest BCUT2D eigenvalue weighted by Gasteiger charge is -2.36. The second kappa shape index (κ2) is 4.41. The minimum Gasteiger partial charge on any atom is -0.324 e. The highest BCUT2D eigenvalue weighted by molar-refractivity contribution is 5.37. The zero-order chi connectivity index (χ0) is 11.8. The SMILES string of the molecule is CN1CCN([C@H]2C[C@H](N)c3ccccc32)CC1. The minimum absolute atomic E-state index is 0.232. The molecule has 3 rings (SSSR count). The predicted molar refractivity (Wildman–Crippen MR) is 69.8 cm³/mol. The molecule has 0 aromatic heterocycles. The van der Waals surface area contributed by atoms with Gasteiger partial charge >= 0.3 is 0 Å².